The van der Waals surface area contributed by atoms with Crippen molar-refractivity contribution in [1.82, 2.24) is 9.80 Å². The minimum Gasteiger partial charge on any atom is -0.342 e. The van der Waals surface area contributed by atoms with Gasteiger partial charge in [-0.2, -0.15) is 0 Å². The Morgan fingerprint density at radius 2 is 1.75 bits per heavy atom. The van der Waals surface area contributed by atoms with Gasteiger partial charge in [0.05, 0.1) is 11.9 Å². The van der Waals surface area contributed by atoms with Crippen LogP contribution in [0.15, 0.2) is 24.3 Å². The molecule has 1 fully saturated rings. The van der Waals surface area contributed by atoms with Gasteiger partial charge in [0.1, 0.15) is 11.9 Å². The zero-order valence-corrected chi connectivity index (χ0v) is 14.4. The molecule has 9 heteroatoms. The second-order valence-electron chi connectivity index (χ2n) is 5.68. The Morgan fingerprint density at radius 3 is 2.21 bits per heavy atom. The van der Waals surface area contributed by atoms with Crippen molar-refractivity contribution in [1.29, 1.82) is 0 Å². The van der Waals surface area contributed by atoms with E-state index in [0.29, 0.717) is 26.2 Å². The molecule has 0 radical (unpaired) electrons. The summed E-state index contributed by atoms with van der Waals surface area (Å²) in [6.45, 7) is 3.03. The molecule has 0 bridgehead atoms. The fraction of sp³-hybridized carbons (Fsp3) is 0.467. The second kappa shape index (κ2) is 7.16. The third kappa shape index (κ3) is 4.02. The third-order valence-electron chi connectivity index (χ3n) is 3.92. The van der Waals surface area contributed by atoms with Crippen LogP contribution in [0.3, 0.4) is 0 Å². The lowest BCUT2D eigenvalue weighted by molar-refractivity contribution is -0.135. The molecule has 0 saturated carbocycles. The number of hydrogen-bond donors (Lipinski definition) is 0. The third-order valence-corrected chi connectivity index (χ3v) is 5.16. The lowest BCUT2D eigenvalue weighted by atomic mass is 10.2. The highest BCUT2D eigenvalue weighted by Crippen LogP contribution is 2.22. The largest absolute Gasteiger partial charge is 0.342 e. The molecule has 0 unspecified atom stereocenters. The maximum absolute atomic E-state index is 13.1. The van der Waals surface area contributed by atoms with Crippen LogP contribution in [0.4, 0.5) is 10.1 Å². The van der Waals surface area contributed by atoms with Crippen molar-refractivity contribution in [3.8, 4) is 0 Å². The molecule has 1 aromatic rings. The molecule has 1 aliphatic rings. The van der Waals surface area contributed by atoms with Gasteiger partial charge in [-0.1, -0.05) is 0 Å². The number of rotatable bonds is 5. The Bertz CT molecular complexity index is 700. The van der Waals surface area contributed by atoms with Gasteiger partial charge < -0.3 is 9.80 Å². The normalized spacial score (nSPS) is 16.6. The first-order valence-corrected chi connectivity index (χ1v) is 9.32. The molecule has 0 N–H and O–H groups in total. The standard InChI is InChI=1S/C15H20FN3O4S/c1-12(15(21)18-9-7-17(11-20)8-10-18)19(24(2,22)23)14-5-3-13(16)4-6-14/h3-6,11-12H,7-10H2,1-2H3/t12-/m1/s1. The Kier molecular flexibility index (Phi) is 5.43. The molecule has 1 aromatic carbocycles. The van der Waals surface area contributed by atoms with E-state index in [1.165, 1.54) is 24.0 Å². The number of piperazine rings is 1. The Morgan fingerprint density at radius 1 is 1.21 bits per heavy atom. The van der Waals surface area contributed by atoms with Crippen LogP contribution in [0, 0.1) is 5.82 Å². The molecule has 24 heavy (non-hydrogen) atoms. The lowest BCUT2D eigenvalue weighted by Gasteiger charge is -2.36. The van der Waals surface area contributed by atoms with Crippen molar-refractivity contribution < 1.29 is 22.4 Å². The van der Waals surface area contributed by atoms with Crippen LogP contribution < -0.4 is 4.31 Å². The fourth-order valence-corrected chi connectivity index (χ4v) is 3.87. The monoisotopic (exact) mass is 357 g/mol. The average molecular weight is 357 g/mol. The molecule has 1 heterocycles. The molecule has 2 amide bonds. The van der Waals surface area contributed by atoms with Gasteiger partial charge in [-0.25, -0.2) is 12.8 Å². The predicted molar refractivity (Wildman–Crippen MR) is 87.4 cm³/mol. The van der Waals surface area contributed by atoms with E-state index in [-0.39, 0.29) is 11.6 Å². The number of carbonyl (C=O) groups excluding carboxylic acids is 2. The van der Waals surface area contributed by atoms with Crippen LogP contribution in [0.25, 0.3) is 0 Å². The second-order valence-corrected chi connectivity index (χ2v) is 7.54. The van der Waals surface area contributed by atoms with E-state index in [9.17, 15) is 22.4 Å². The number of nitrogens with zero attached hydrogens (tertiary/aromatic N) is 3. The van der Waals surface area contributed by atoms with Gasteiger partial charge in [-0.05, 0) is 31.2 Å². The maximum Gasteiger partial charge on any atom is 0.246 e. The Labute approximate surface area is 140 Å². The van der Waals surface area contributed by atoms with E-state index < -0.39 is 21.9 Å². The van der Waals surface area contributed by atoms with E-state index >= 15 is 0 Å². The van der Waals surface area contributed by atoms with Crippen molar-refractivity contribution in [2.24, 2.45) is 0 Å². The Hall–Kier alpha value is -2.16. The lowest BCUT2D eigenvalue weighted by Crippen LogP contribution is -2.55. The smallest absolute Gasteiger partial charge is 0.246 e. The highest BCUT2D eigenvalue weighted by Gasteiger charge is 2.33. The molecule has 0 aromatic heterocycles. The van der Waals surface area contributed by atoms with Gasteiger partial charge in [0.15, 0.2) is 0 Å². The Balaban J connectivity index is 2.22. The SMILES string of the molecule is C[C@H](C(=O)N1CCN(C=O)CC1)N(c1ccc(F)cc1)S(C)(=O)=O. The summed E-state index contributed by atoms with van der Waals surface area (Å²) in [7, 11) is -3.73. The van der Waals surface area contributed by atoms with Crippen LogP contribution in [0.5, 0.6) is 0 Å². The molecule has 1 aliphatic heterocycles. The van der Waals surface area contributed by atoms with Crippen LogP contribution >= 0.6 is 0 Å². The van der Waals surface area contributed by atoms with Gasteiger partial charge >= 0.3 is 0 Å². The summed E-state index contributed by atoms with van der Waals surface area (Å²) in [6, 6.07) is 3.98. The van der Waals surface area contributed by atoms with Gasteiger partial charge in [0.2, 0.25) is 22.3 Å². The van der Waals surface area contributed by atoms with Gasteiger partial charge in [0.25, 0.3) is 0 Å². The number of anilines is 1. The summed E-state index contributed by atoms with van der Waals surface area (Å²) >= 11 is 0. The number of hydrogen-bond acceptors (Lipinski definition) is 4. The first-order valence-electron chi connectivity index (χ1n) is 7.47. The number of benzene rings is 1. The highest BCUT2D eigenvalue weighted by atomic mass is 32.2. The van der Waals surface area contributed by atoms with Crippen molar-refractivity contribution in [3.05, 3.63) is 30.1 Å². The summed E-state index contributed by atoms with van der Waals surface area (Å²) < 4.78 is 38.4. The van der Waals surface area contributed by atoms with Crippen LogP contribution in [0.2, 0.25) is 0 Å². The number of halogens is 1. The van der Waals surface area contributed by atoms with Crippen LogP contribution in [-0.4, -0.2) is 69.0 Å². The molecule has 1 saturated heterocycles. The molecule has 132 valence electrons. The van der Waals surface area contributed by atoms with Crippen molar-refractivity contribution in [2.75, 3.05) is 36.7 Å². The minimum atomic E-state index is -3.73. The molecule has 2 rings (SSSR count). The van der Waals surface area contributed by atoms with Gasteiger partial charge in [0, 0.05) is 26.2 Å². The van der Waals surface area contributed by atoms with E-state index in [0.717, 1.165) is 29.1 Å². The fourth-order valence-electron chi connectivity index (χ4n) is 2.70. The van der Waals surface area contributed by atoms with Crippen molar-refractivity contribution in [3.63, 3.8) is 0 Å². The number of amides is 2. The summed E-state index contributed by atoms with van der Waals surface area (Å²) in [5.41, 5.74) is 0.228. The molecular formula is C15H20FN3O4S. The van der Waals surface area contributed by atoms with E-state index in [1.54, 1.807) is 4.90 Å². The zero-order valence-electron chi connectivity index (χ0n) is 13.6. The average Bonchev–Trinajstić information content (AvgIpc) is 2.55. The summed E-state index contributed by atoms with van der Waals surface area (Å²) in [5, 5.41) is 0. The predicted octanol–water partition coefficient (Wildman–Crippen LogP) is 0.281. The van der Waals surface area contributed by atoms with E-state index in [4.69, 9.17) is 0 Å². The topological polar surface area (TPSA) is 78.0 Å². The molecule has 7 nitrogen and oxygen atoms in total. The molecule has 0 spiro atoms. The number of sulfonamides is 1. The minimum absolute atomic E-state index is 0.228. The maximum atomic E-state index is 13.1. The van der Waals surface area contributed by atoms with Crippen LogP contribution in [0.1, 0.15) is 6.92 Å². The van der Waals surface area contributed by atoms with Crippen molar-refractivity contribution in [2.45, 2.75) is 13.0 Å². The van der Waals surface area contributed by atoms with Gasteiger partial charge in [-0.3, -0.25) is 13.9 Å². The summed E-state index contributed by atoms with van der Waals surface area (Å²) in [6.07, 6.45) is 1.73. The first kappa shape index (κ1) is 18.2. The van der Waals surface area contributed by atoms with Crippen molar-refractivity contribution >= 4 is 28.0 Å². The number of carbonyl (C=O) groups is 2. The first-order chi connectivity index (χ1) is 11.2. The van der Waals surface area contributed by atoms with Crippen LogP contribution in [-0.2, 0) is 19.6 Å². The van der Waals surface area contributed by atoms with E-state index in [1.807, 2.05) is 0 Å². The molecule has 0 aliphatic carbocycles. The summed E-state index contributed by atoms with van der Waals surface area (Å²) in [4.78, 5) is 26.5. The highest BCUT2D eigenvalue weighted by molar-refractivity contribution is 7.92. The molecule has 1 atom stereocenters. The molecular weight excluding hydrogens is 337 g/mol. The summed E-state index contributed by atoms with van der Waals surface area (Å²) in [5.74, 6) is -0.841. The zero-order chi connectivity index (χ0) is 17.9. The van der Waals surface area contributed by atoms with E-state index in [2.05, 4.69) is 0 Å². The quantitative estimate of drug-likeness (QED) is 0.709. The van der Waals surface area contributed by atoms with Gasteiger partial charge in [-0.15, -0.1) is 0 Å².